The number of aromatic nitrogens is 4. The Morgan fingerprint density at radius 3 is 1.90 bits per heavy atom. The predicted octanol–water partition coefficient (Wildman–Crippen LogP) is 6.60. The Bertz CT molecular complexity index is 1530. The summed E-state index contributed by atoms with van der Waals surface area (Å²) >= 11 is 1.98. The molecular weight excluding hydrogens is 645 g/mol. The van der Waals surface area contributed by atoms with E-state index in [1.54, 1.807) is 88.3 Å². The van der Waals surface area contributed by atoms with E-state index in [1.165, 1.54) is 10.8 Å². The third-order valence-corrected chi connectivity index (χ3v) is 6.17. The second kappa shape index (κ2) is 11.1. The summed E-state index contributed by atoms with van der Waals surface area (Å²) in [6.07, 6.45) is -1.05. The molecule has 13 heteroatoms. The van der Waals surface area contributed by atoms with Crippen LogP contribution in [0.1, 0.15) is 84.1 Å². The molecule has 0 aliphatic heterocycles. The number of nitrogens with zero attached hydrogens (tertiary/aromatic N) is 5. The smallest absolute Gasteiger partial charge is 0.435 e. The molecule has 3 heterocycles. The van der Waals surface area contributed by atoms with Gasteiger partial charge in [-0.3, -0.25) is 4.79 Å². The summed E-state index contributed by atoms with van der Waals surface area (Å²) in [5.41, 5.74) is -1.45. The lowest BCUT2D eigenvalue weighted by Crippen LogP contribution is -2.41. The molecule has 2 amide bonds. The first-order chi connectivity index (χ1) is 18.6. The SMILES string of the molecule is Cc1c(C(=O)N(C(=O)OC(C)(C)C)c2cnc3c(c2)cc(I)n3C(=O)OC(C)(C)C)nn(C(=O)OC(C)(C)C)c1C. The zero-order chi connectivity index (χ0) is 31.2. The summed E-state index contributed by atoms with van der Waals surface area (Å²) in [5.74, 6) is -0.829. The minimum Gasteiger partial charge on any atom is -0.443 e. The van der Waals surface area contributed by atoms with Gasteiger partial charge in [0.15, 0.2) is 11.3 Å². The minimum absolute atomic E-state index is 0.0818. The van der Waals surface area contributed by atoms with E-state index in [9.17, 15) is 19.2 Å². The highest BCUT2D eigenvalue weighted by Gasteiger charge is 2.35. The number of hydrogen-bond donors (Lipinski definition) is 0. The van der Waals surface area contributed by atoms with E-state index in [0.717, 1.165) is 9.58 Å². The quantitative estimate of drug-likeness (QED) is 0.217. The van der Waals surface area contributed by atoms with E-state index in [1.807, 2.05) is 22.6 Å². The molecule has 3 aromatic rings. The van der Waals surface area contributed by atoms with Crippen LogP contribution in [0.3, 0.4) is 0 Å². The van der Waals surface area contributed by atoms with E-state index in [4.69, 9.17) is 14.2 Å². The highest BCUT2D eigenvalue weighted by atomic mass is 127. The van der Waals surface area contributed by atoms with Crippen LogP contribution in [0.25, 0.3) is 11.0 Å². The fourth-order valence-corrected chi connectivity index (χ4v) is 4.40. The molecule has 0 aliphatic rings. The second-order valence-corrected chi connectivity index (χ2v) is 13.6. The van der Waals surface area contributed by atoms with Crippen LogP contribution in [0.15, 0.2) is 18.3 Å². The number of amides is 2. The molecule has 12 nitrogen and oxygen atoms in total. The second-order valence-electron chi connectivity index (χ2n) is 12.5. The molecule has 41 heavy (non-hydrogen) atoms. The Hall–Kier alpha value is -3.49. The third-order valence-electron chi connectivity index (χ3n) is 5.38. The lowest BCUT2D eigenvalue weighted by Gasteiger charge is -2.26. The van der Waals surface area contributed by atoms with Crippen molar-refractivity contribution >= 4 is 63.5 Å². The standard InChI is InChI=1S/C28H36IN5O7/c1-15-16(2)34(25(38)41-28(9,10)11)31-20(15)22(35)32(23(36)39-26(3,4)5)18-12-17-13-19(29)33(21(17)30-14-18)24(37)40-27(6,7)8/h12-14H,1-11H3. The van der Waals surface area contributed by atoms with Gasteiger partial charge in [-0.15, -0.1) is 0 Å². The molecule has 0 radical (unpaired) electrons. The Balaban J connectivity index is 2.13. The molecule has 3 aromatic heterocycles. The van der Waals surface area contributed by atoms with Crippen molar-refractivity contribution in [1.29, 1.82) is 0 Å². The van der Waals surface area contributed by atoms with E-state index in [0.29, 0.717) is 20.3 Å². The predicted molar refractivity (Wildman–Crippen MR) is 160 cm³/mol. The van der Waals surface area contributed by atoms with Gasteiger partial charge >= 0.3 is 18.3 Å². The van der Waals surface area contributed by atoms with Crippen molar-refractivity contribution in [2.45, 2.75) is 93.0 Å². The maximum Gasteiger partial charge on any atom is 0.435 e. The van der Waals surface area contributed by atoms with Crippen LogP contribution in [0, 0.1) is 17.5 Å². The van der Waals surface area contributed by atoms with Crippen molar-refractivity contribution < 1.29 is 33.4 Å². The van der Waals surface area contributed by atoms with Crippen LogP contribution < -0.4 is 4.90 Å². The molecule has 0 spiro atoms. The molecule has 0 unspecified atom stereocenters. The van der Waals surface area contributed by atoms with Gasteiger partial charge in [0.05, 0.1) is 21.3 Å². The normalized spacial score (nSPS) is 12.3. The number of pyridine rings is 1. The van der Waals surface area contributed by atoms with Crippen molar-refractivity contribution in [2.24, 2.45) is 0 Å². The Morgan fingerprint density at radius 1 is 0.829 bits per heavy atom. The Labute approximate surface area is 252 Å². The number of imide groups is 1. The number of carbonyl (C=O) groups is 4. The lowest BCUT2D eigenvalue weighted by atomic mass is 10.2. The van der Waals surface area contributed by atoms with Crippen LogP contribution in [-0.2, 0) is 14.2 Å². The van der Waals surface area contributed by atoms with Crippen molar-refractivity contribution in [1.82, 2.24) is 19.3 Å². The minimum atomic E-state index is -0.964. The van der Waals surface area contributed by atoms with E-state index < -0.39 is 41.0 Å². The molecule has 0 bridgehead atoms. The number of ether oxygens (including phenoxy) is 3. The first-order valence-electron chi connectivity index (χ1n) is 12.9. The van der Waals surface area contributed by atoms with E-state index in [-0.39, 0.29) is 17.0 Å². The Kier molecular flexibility index (Phi) is 8.64. The van der Waals surface area contributed by atoms with Crippen LogP contribution in [0.5, 0.6) is 0 Å². The van der Waals surface area contributed by atoms with Gasteiger partial charge in [-0.25, -0.2) is 28.8 Å². The summed E-state index contributed by atoms with van der Waals surface area (Å²) in [5, 5.41) is 4.69. The first-order valence-corrected chi connectivity index (χ1v) is 13.9. The van der Waals surface area contributed by atoms with Crippen molar-refractivity contribution in [3.8, 4) is 0 Å². The molecular formula is C28H36IN5O7. The number of carbonyl (C=O) groups excluding carboxylic acids is 4. The topological polar surface area (TPSA) is 135 Å². The molecule has 0 aromatic carbocycles. The molecule has 0 N–H and O–H groups in total. The number of fused-ring (bicyclic) bond motifs is 1. The summed E-state index contributed by atoms with van der Waals surface area (Å²) in [4.78, 5) is 58.2. The van der Waals surface area contributed by atoms with Gasteiger partial charge in [0, 0.05) is 10.9 Å². The monoisotopic (exact) mass is 681 g/mol. The number of halogens is 1. The van der Waals surface area contributed by atoms with E-state index in [2.05, 4.69) is 10.1 Å². The largest absolute Gasteiger partial charge is 0.443 e. The molecule has 0 saturated carbocycles. The molecule has 3 rings (SSSR count). The van der Waals surface area contributed by atoms with Crippen LogP contribution in [0.4, 0.5) is 20.1 Å². The average Bonchev–Trinajstić information content (AvgIpc) is 3.25. The number of rotatable bonds is 2. The van der Waals surface area contributed by atoms with Gasteiger partial charge in [0.1, 0.15) is 16.8 Å². The summed E-state index contributed by atoms with van der Waals surface area (Å²) < 4.78 is 19.3. The number of anilines is 1. The average molecular weight is 682 g/mol. The third kappa shape index (κ3) is 7.43. The lowest BCUT2D eigenvalue weighted by molar-refractivity contribution is 0.0506. The first kappa shape index (κ1) is 32.0. The van der Waals surface area contributed by atoms with Gasteiger partial charge in [-0.2, -0.15) is 9.78 Å². The summed E-state index contributed by atoms with van der Waals surface area (Å²) in [6, 6.07) is 3.22. The van der Waals surface area contributed by atoms with Gasteiger partial charge in [-0.1, -0.05) is 0 Å². The molecule has 222 valence electrons. The van der Waals surface area contributed by atoms with Crippen molar-refractivity contribution in [2.75, 3.05) is 4.90 Å². The maximum atomic E-state index is 13.9. The van der Waals surface area contributed by atoms with Crippen LogP contribution in [-0.4, -0.2) is 60.3 Å². The fraction of sp³-hybridized carbons (Fsp3) is 0.500. The zero-order valence-corrected chi connectivity index (χ0v) is 27.4. The number of hydrogen-bond acceptors (Lipinski definition) is 9. The zero-order valence-electron chi connectivity index (χ0n) is 25.2. The van der Waals surface area contributed by atoms with Gasteiger partial charge in [0.2, 0.25) is 0 Å². The summed E-state index contributed by atoms with van der Waals surface area (Å²) in [7, 11) is 0. The molecule has 0 atom stereocenters. The van der Waals surface area contributed by atoms with Crippen LogP contribution >= 0.6 is 22.6 Å². The highest BCUT2D eigenvalue weighted by molar-refractivity contribution is 14.1. The Morgan fingerprint density at radius 2 is 1.37 bits per heavy atom. The molecule has 0 saturated heterocycles. The van der Waals surface area contributed by atoms with Crippen molar-refractivity contribution in [3.05, 3.63) is 39.0 Å². The van der Waals surface area contributed by atoms with Gasteiger partial charge < -0.3 is 14.2 Å². The van der Waals surface area contributed by atoms with Gasteiger partial charge in [0.25, 0.3) is 5.91 Å². The maximum absolute atomic E-state index is 13.9. The highest BCUT2D eigenvalue weighted by Crippen LogP contribution is 2.28. The van der Waals surface area contributed by atoms with Gasteiger partial charge in [-0.05, 0) is 111 Å². The van der Waals surface area contributed by atoms with Crippen LogP contribution in [0.2, 0.25) is 0 Å². The summed E-state index contributed by atoms with van der Waals surface area (Å²) in [6.45, 7) is 18.7. The fourth-order valence-electron chi connectivity index (χ4n) is 3.64. The van der Waals surface area contributed by atoms with Crippen molar-refractivity contribution in [3.63, 3.8) is 0 Å². The van der Waals surface area contributed by atoms with E-state index >= 15 is 0 Å². The molecule has 0 fully saturated rings. The molecule has 0 aliphatic carbocycles.